The van der Waals surface area contributed by atoms with Gasteiger partial charge in [0.1, 0.15) is 5.82 Å². The fraction of sp³-hybridized carbons (Fsp3) is 0.667. The molecular formula is C9H17N3O. The standard InChI is InChI=1S/C9H17N3O/c1-7(8(2)13)11-6-9-10-4-5-12(9)3/h4-5,7-8,11,13H,6H2,1-3H3. The highest BCUT2D eigenvalue weighted by molar-refractivity contribution is 4.90. The van der Waals surface area contributed by atoms with Crippen molar-refractivity contribution in [2.45, 2.75) is 32.5 Å². The van der Waals surface area contributed by atoms with Gasteiger partial charge in [0.2, 0.25) is 0 Å². The number of aryl methyl sites for hydroxylation is 1. The Bertz CT molecular complexity index is 257. The smallest absolute Gasteiger partial charge is 0.122 e. The van der Waals surface area contributed by atoms with E-state index in [0.717, 1.165) is 5.82 Å². The van der Waals surface area contributed by atoms with Crippen LogP contribution in [0.4, 0.5) is 0 Å². The highest BCUT2D eigenvalue weighted by atomic mass is 16.3. The van der Waals surface area contributed by atoms with Gasteiger partial charge in [-0.25, -0.2) is 4.98 Å². The number of aliphatic hydroxyl groups is 1. The van der Waals surface area contributed by atoms with E-state index in [4.69, 9.17) is 0 Å². The van der Waals surface area contributed by atoms with Crippen LogP contribution in [0.1, 0.15) is 19.7 Å². The molecule has 1 heterocycles. The summed E-state index contributed by atoms with van der Waals surface area (Å²) in [4.78, 5) is 4.17. The van der Waals surface area contributed by atoms with Crippen molar-refractivity contribution in [2.24, 2.45) is 7.05 Å². The Morgan fingerprint density at radius 3 is 2.77 bits per heavy atom. The monoisotopic (exact) mass is 183 g/mol. The van der Waals surface area contributed by atoms with E-state index in [2.05, 4.69) is 10.3 Å². The summed E-state index contributed by atoms with van der Waals surface area (Å²) < 4.78 is 1.96. The molecule has 2 N–H and O–H groups in total. The van der Waals surface area contributed by atoms with Crippen molar-refractivity contribution < 1.29 is 5.11 Å². The van der Waals surface area contributed by atoms with Gasteiger partial charge in [0.15, 0.2) is 0 Å². The Balaban J connectivity index is 2.39. The zero-order valence-corrected chi connectivity index (χ0v) is 8.36. The number of nitrogens with zero attached hydrogens (tertiary/aromatic N) is 2. The van der Waals surface area contributed by atoms with Crippen molar-refractivity contribution in [2.75, 3.05) is 0 Å². The van der Waals surface area contributed by atoms with Gasteiger partial charge < -0.3 is 15.0 Å². The van der Waals surface area contributed by atoms with Crippen molar-refractivity contribution >= 4 is 0 Å². The summed E-state index contributed by atoms with van der Waals surface area (Å²) >= 11 is 0. The lowest BCUT2D eigenvalue weighted by molar-refractivity contribution is 0.151. The highest BCUT2D eigenvalue weighted by Gasteiger charge is 2.08. The molecule has 2 atom stereocenters. The van der Waals surface area contributed by atoms with E-state index in [-0.39, 0.29) is 12.1 Å². The first-order valence-corrected chi connectivity index (χ1v) is 4.49. The molecule has 1 aromatic heterocycles. The van der Waals surface area contributed by atoms with Gasteiger partial charge in [-0.2, -0.15) is 0 Å². The van der Waals surface area contributed by atoms with E-state index in [0.29, 0.717) is 6.54 Å². The van der Waals surface area contributed by atoms with Crippen molar-refractivity contribution in [3.8, 4) is 0 Å². The molecule has 0 saturated carbocycles. The van der Waals surface area contributed by atoms with Gasteiger partial charge in [0.05, 0.1) is 12.6 Å². The maximum atomic E-state index is 9.23. The molecule has 13 heavy (non-hydrogen) atoms. The zero-order chi connectivity index (χ0) is 9.84. The SMILES string of the molecule is CC(O)C(C)NCc1nccn1C. The van der Waals surface area contributed by atoms with Gasteiger partial charge in [-0.15, -0.1) is 0 Å². The lowest BCUT2D eigenvalue weighted by Gasteiger charge is -2.15. The molecule has 0 aliphatic carbocycles. The second-order valence-electron chi connectivity index (χ2n) is 3.36. The van der Waals surface area contributed by atoms with Crippen molar-refractivity contribution in [1.82, 2.24) is 14.9 Å². The highest BCUT2D eigenvalue weighted by Crippen LogP contribution is 1.96. The van der Waals surface area contributed by atoms with Crippen LogP contribution in [0, 0.1) is 0 Å². The summed E-state index contributed by atoms with van der Waals surface area (Å²) in [6.07, 6.45) is 3.34. The molecule has 0 bridgehead atoms. The van der Waals surface area contributed by atoms with Gasteiger partial charge in [0.25, 0.3) is 0 Å². The Morgan fingerprint density at radius 2 is 2.31 bits per heavy atom. The third kappa shape index (κ3) is 2.82. The Kier molecular flexibility index (Phi) is 3.45. The molecule has 0 fully saturated rings. The number of aliphatic hydroxyl groups excluding tert-OH is 1. The quantitative estimate of drug-likeness (QED) is 0.705. The maximum absolute atomic E-state index is 9.23. The van der Waals surface area contributed by atoms with Gasteiger partial charge in [-0.05, 0) is 13.8 Å². The summed E-state index contributed by atoms with van der Waals surface area (Å²) in [5.74, 6) is 0.979. The minimum atomic E-state index is -0.333. The molecule has 0 saturated heterocycles. The fourth-order valence-corrected chi connectivity index (χ4v) is 0.990. The summed E-state index contributed by atoms with van der Waals surface area (Å²) in [5, 5.41) is 12.4. The van der Waals surface area contributed by atoms with Crippen LogP contribution in [0.5, 0.6) is 0 Å². The lowest BCUT2D eigenvalue weighted by atomic mass is 10.2. The van der Waals surface area contributed by atoms with E-state index < -0.39 is 0 Å². The molecule has 74 valence electrons. The number of hydrogen-bond donors (Lipinski definition) is 2. The number of nitrogens with one attached hydrogen (secondary N) is 1. The van der Waals surface area contributed by atoms with E-state index in [1.807, 2.05) is 24.7 Å². The molecule has 0 aromatic carbocycles. The van der Waals surface area contributed by atoms with Crippen LogP contribution in [-0.4, -0.2) is 26.8 Å². The van der Waals surface area contributed by atoms with Gasteiger partial charge >= 0.3 is 0 Å². The van der Waals surface area contributed by atoms with E-state index in [9.17, 15) is 5.11 Å². The zero-order valence-electron chi connectivity index (χ0n) is 8.36. The second-order valence-corrected chi connectivity index (χ2v) is 3.36. The normalized spacial score (nSPS) is 15.7. The van der Waals surface area contributed by atoms with Crippen molar-refractivity contribution in [3.63, 3.8) is 0 Å². The largest absolute Gasteiger partial charge is 0.392 e. The first kappa shape index (κ1) is 10.2. The third-order valence-electron chi connectivity index (χ3n) is 2.23. The molecule has 0 spiro atoms. The second kappa shape index (κ2) is 4.39. The van der Waals surface area contributed by atoms with Gasteiger partial charge in [-0.3, -0.25) is 0 Å². The topological polar surface area (TPSA) is 50.1 Å². The predicted molar refractivity (Wildman–Crippen MR) is 51.2 cm³/mol. The summed E-state index contributed by atoms with van der Waals surface area (Å²) in [5.41, 5.74) is 0. The molecule has 4 heteroatoms. The lowest BCUT2D eigenvalue weighted by Crippen LogP contribution is -2.35. The summed E-state index contributed by atoms with van der Waals surface area (Å²) in [6, 6.07) is 0.0942. The predicted octanol–water partition coefficient (Wildman–Crippen LogP) is 0.279. The van der Waals surface area contributed by atoms with Crippen molar-refractivity contribution in [3.05, 3.63) is 18.2 Å². The van der Waals surface area contributed by atoms with Crippen LogP contribution in [0.25, 0.3) is 0 Å². The van der Waals surface area contributed by atoms with Crippen LogP contribution in [0.2, 0.25) is 0 Å². The third-order valence-corrected chi connectivity index (χ3v) is 2.23. The molecule has 0 aliphatic rings. The number of rotatable bonds is 4. The number of aromatic nitrogens is 2. The summed E-state index contributed by atoms with van der Waals surface area (Å²) in [6.45, 7) is 4.42. The first-order valence-electron chi connectivity index (χ1n) is 4.49. The van der Waals surface area contributed by atoms with Crippen molar-refractivity contribution in [1.29, 1.82) is 0 Å². The molecule has 4 nitrogen and oxygen atoms in total. The van der Waals surface area contributed by atoms with Crippen LogP contribution in [0.3, 0.4) is 0 Å². The average molecular weight is 183 g/mol. The maximum Gasteiger partial charge on any atom is 0.122 e. The molecule has 2 unspecified atom stereocenters. The fourth-order valence-electron chi connectivity index (χ4n) is 0.990. The summed E-state index contributed by atoms with van der Waals surface area (Å²) in [7, 11) is 1.96. The Labute approximate surface area is 78.6 Å². The van der Waals surface area contributed by atoms with Crippen LogP contribution >= 0.6 is 0 Å². The minimum Gasteiger partial charge on any atom is -0.392 e. The number of imidazole rings is 1. The first-order chi connectivity index (χ1) is 6.11. The molecule has 0 aliphatic heterocycles. The van der Waals surface area contributed by atoms with Gasteiger partial charge in [0, 0.05) is 25.5 Å². The Morgan fingerprint density at radius 1 is 1.62 bits per heavy atom. The van der Waals surface area contributed by atoms with E-state index >= 15 is 0 Å². The van der Waals surface area contributed by atoms with Crippen LogP contribution < -0.4 is 5.32 Å². The average Bonchev–Trinajstić information content (AvgIpc) is 2.47. The van der Waals surface area contributed by atoms with Crippen LogP contribution in [0.15, 0.2) is 12.4 Å². The Hall–Kier alpha value is -0.870. The minimum absolute atomic E-state index is 0.0942. The molecule has 1 aromatic rings. The van der Waals surface area contributed by atoms with Gasteiger partial charge in [-0.1, -0.05) is 0 Å². The van der Waals surface area contributed by atoms with Crippen LogP contribution in [-0.2, 0) is 13.6 Å². The molecule has 0 radical (unpaired) electrons. The molecular weight excluding hydrogens is 166 g/mol. The molecule has 0 amide bonds. The molecule has 1 rings (SSSR count). The van der Waals surface area contributed by atoms with E-state index in [1.54, 1.807) is 13.1 Å². The number of hydrogen-bond acceptors (Lipinski definition) is 3. The van der Waals surface area contributed by atoms with E-state index in [1.165, 1.54) is 0 Å².